The Bertz CT molecular complexity index is 2050. The van der Waals surface area contributed by atoms with Gasteiger partial charge in [0, 0.05) is 6.07 Å². The number of nitrogens with one attached hydrogen (secondary N) is 3. The zero-order valence-corrected chi connectivity index (χ0v) is 31.5. The van der Waals surface area contributed by atoms with E-state index in [2.05, 4.69) is 21.0 Å². The van der Waals surface area contributed by atoms with Crippen molar-refractivity contribution < 1.29 is 23.9 Å². The lowest BCUT2D eigenvalue weighted by Gasteiger charge is -2.32. The van der Waals surface area contributed by atoms with Crippen LogP contribution in [0.25, 0.3) is 10.8 Å². The molecule has 0 aliphatic heterocycles. The zero-order valence-electron chi connectivity index (χ0n) is 31.5. The molecule has 2 aliphatic carbocycles. The molecule has 3 N–H and O–H groups in total. The van der Waals surface area contributed by atoms with Crippen LogP contribution in [0.15, 0.2) is 109 Å². The fraction of sp³-hybridized carbons (Fsp3) is 0.378. The molecule has 2 unspecified atom stereocenters. The van der Waals surface area contributed by atoms with Crippen molar-refractivity contribution >= 4 is 28.5 Å². The van der Waals surface area contributed by atoms with E-state index in [1.165, 1.54) is 10.7 Å². The Hall–Kier alpha value is -5.32. The van der Waals surface area contributed by atoms with Gasteiger partial charge in [-0.15, -0.1) is 0 Å². The molecule has 2 aliphatic rings. The average molecular weight is 742 g/mol. The van der Waals surface area contributed by atoms with Crippen molar-refractivity contribution in [3.63, 3.8) is 0 Å². The van der Waals surface area contributed by atoms with Gasteiger partial charge in [-0.25, -0.2) is 4.68 Å². The largest absolute Gasteiger partial charge is 0.371 e. The molecular weight excluding hydrogens is 691 g/mol. The lowest BCUT2D eigenvalue weighted by Crippen LogP contribution is -2.48. The molecule has 5 aromatic rings. The molecule has 5 atom stereocenters. The lowest BCUT2D eigenvalue weighted by atomic mass is 9.92. The number of carbonyl (C=O) groups is 3. The molecule has 7 rings (SSSR count). The Balaban J connectivity index is 1.08. The molecule has 1 aromatic heterocycles. The summed E-state index contributed by atoms with van der Waals surface area (Å²) in [6.07, 6.45) is 6.94. The van der Waals surface area contributed by atoms with Gasteiger partial charge >= 0.3 is 0 Å². The zero-order chi connectivity index (χ0) is 38.0. The number of carbonyl (C=O) groups excluding carboxylic acids is 3. The van der Waals surface area contributed by atoms with Crippen LogP contribution in [0.3, 0.4) is 0 Å². The summed E-state index contributed by atoms with van der Waals surface area (Å²) < 4.78 is 14.0. The van der Waals surface area contributed by atoms with Gasteiger partial charge in [-0.1, -0.05) is 129 Å². The third-order valence-electron chi connectivity index (χ3n) is 10.9. The van der Waals surface area contributed by atoms with Crippen LogP contribution in [0.4, 0.5) is 0 Å². The maximum atomic E-state index is 14.1. The van der Waals surface area contributed by atoms with Crippen LogP contribution in [0.2, 0.25) is 0 Å². The van der Waals surface area contributed by atoms with Gasteiger partial charge in [-0.3, -0.25) is 14.4 Å². The van der Waals surface area contributed by atoms with E-state index < -0.39 is 11.8 Å². The van der Waals surface area contributed by atoms with Crippen LogP contribution in [0.1, 0.15) is 102 Å². The van der Waals surface area contributed by atoms with Crippen LogP contribution in [0, 0.1) is 0 Å². The Morgan fingerprint density at radius 2 is 1.25 bits per heavy atom. The van der Waals surface area contributed by atoms with Crippen LogP contribution in [0.5, 0.6) is 0 Å². The van der Waals surface area contributed by atoms with Gasteiger partial charge in [0.05, 0.1) is 43.5 Å². The van der Waals surface area contributed by atoms with Crippen molar-refractivity contribution in [2.75, 3.05) is 0 Å². The molecule has 1 heterocycles. The molecule has 0 saturated heterocycles. The molecular formula is C45H51N5O5. The van der Waals surface area contributed by atoms with Gasteiger partial charge in [0.15, 0.2) is 5.69 Å². The predicted molar refractivity (Wildman–Crippen MR) is 212 cm³/mol. The number of ether oxygens (including phenoxy) is 2. The highest BCUT2D eigenvalue weighted by atomic mass is 16.5. The number of hydrogen-bond donors (Lipinski definition) is 3. The number of benzene rings is 4. The van der Waals surface area contributed by atoms with Crippen LogP contribution in [-0.2, 0) is 34.0 Å². The number of amides is 3. The molecule has 10 heteroatoms. The van der Waals surface area contributed by atoms with E-state index >= 15 is 0 Å². The number of hydrogen-bond acceptors (Lipinski definition) is 6. The van der Waals surface area contributed by atoms with E-state index in [4.69, 9.17) is 9.47 Å². The first kappa shape index (κ1) is 38.0. The SMILES string of the molecule is C[C@@H](NC(=O)c1cc(C(=O)NC2CCCCC2OCc2ccccc2)n(CC(=O)N[C@H]2CCCC[C@@H]2OCc2ccccc2)n1)c1cccc2ccccc12. The van der Waals surface area contributed by atoms with Gasteiger partial charge < -0.3 is 25.4 Å². The molecule has 4 aromatic carbocycles. The lowest BCUT2D eigenvalue weighted by molar-refractivity contribution is -0.124. The monoisotopic (exact) mass is 741 g/mol. The first-order valence-electron chi connectivity index (χ1n) is 19.7. The first-order chi connectivity index (χ1) is 26.9. The van der Waals surface area contributed by atoms with Crippen molar-refractivity contribution in [3.8, 4) is 0 Å². The second-order valence-corrected chi connectivity index (χ2v) is 14.8. The number of rotatable bonds is 14. The molecule has 0 radical (unpaired) electrons. The third-order valence-corrected chi connectivity index (χ3v) is 10.9. The van der Waals surface area contributed by atoms with Crippen LogP contribution < -0.4 is 16.0 Å². The van der Waals surface area contributed by atoms with Gasteiger partial charge in [0.2, 0.25) is 5.91 Å². The van der Waals surface area contributed by atoms with E-state index in [-0.39, 0.29) is 54.2 Å². The molecule has 0 spiro atoms. The maximum Gasteiger partial charge on any atom is 0.272 e. The summed E-state index contributed by atoms with van der Waals surface area (Å²) in [4.78, 5) is 41.6. The predicted octanol–water partition coefficient (Wildman–Crippen LogP) is 7.43. The van der Waals surface area contributed by atoms with E-state index in [0.29, 0.717) is 13.2 Å². The summed E-state index contributed by atoms with van der Waals surface area (Å²) in [5, 5.41) is 16.1. The minimum Gasteiger partial charge on any atom is -0.371 e. The van der Waals surface area contributed by atoms with Gasteiger partial charge in [-0.05, 0) is 60.1 Å². The average Bonchev–Trinajstić information content (AvgIpc) is 3.64. The smallest absolute Gasteiger partial charge is 0.272 e. The van der Waals surface area contributed by atoms with E-state index in [0.717, 1.165) is 78.8 Å². The Labute approximate surface area is 323 Å². The van der Waals surface area contributed by atoms with Crippen molar-refractivity contribution in [1.82, 2.24) is 25.7 Å². The Morgan fingerprint density at radius 1 is 0.691 bits per heavy atom. The molecule has 286 valence electrons. The van der Waals surface area contributed by atoms with Crippen molar-refractivity contribution in [1.29, 1.82) is 0 Å². The summed E-state index contributed by atoms with van der Waals surface area (Å²) in [5.74, 6) is -1.13. The Kier molecular flexibility index (Phi) is 12.7. The number of nitrogens with zero attached hydrogens (tertiary/aromatic N) is 2. The standard InChI is InChI=1S/C45H51N5O5/c1-31(35-22-14-20-34-19-8-9-21-36(34)35)46-44(52)39-27-40(45(53)48-38-24-11-13-26-42(38)55-30-33-17-6-3-7-18-33)50(49-39)28-43(51)47-37-23-10-12-25-41(37)54-29-32-15-4-2-5-16-32/h2-9,14-22,27,31,37-38,41-42H,10-13,23-26,28-30H2,1H3,(H,46,52)(H,47,51)(H,48,53)/t31-,37+,38?,41+,42?/m1/s1. The second kappa shape index (κ2) is 18.3. The molecule has 10 nitrogen and oxygen atoms in total. The first-order valence-corrected chi connectivity index (χ1v) is 19.7. The van der Waals surface area contributed by atoms with Crippen LogP contribution >= 0.6 is 0 Å². The van der Waals surface area contributed by atoms with Crippen molar-refractivity contribution in [2.24, 2.45) is 0 Å². The molecule has 55 heavy (non-hydrogen) atoms. The normalized spacial score (nSPS) is 20.4. The quantitative estimate of drug-likeness (QED) is 0.109. The van der Waals surface area contributed by atoms with E-state index in [9.17, 15) is 14.4 Å². The van der Waals surface area contributed by atoms with E-state index in [1.54, 1.807) is 0 Å². The fourth-order valence-corrected chi connectivity index (χ4v) is 7.92. The summed E-state index contributed by atoms with van der Waals surface area (Å²) in [7, 11) is 0. The molecule has 3 amide bonds. The third kappa shape index (κ3) is 9.87. The summed E-state index contributed by atoms with van der Waals surface area (Å²) in [5.41, 5.74) is 3.33. The number of fused-ring (bicyclic) bond motifs is 1. The fourth-order valence-electron chi connectivity index (χ4n) is 7.92. The highest BCUT2D eigenvalue weighted by Gasteiger charge is 2.31. The van der Waals surface area contributed by atoms with Crippen molar-refractivity contribution in [2.45, 2.75) is 108 Å². The molecule has 2 saturated carbocycles. The van der Waals surface area contributed by atoms with Crippen molar-refractivity contribution in [3.05, 3.63) is 137 Å². The Morgan fingerprint density at radius 3 is 1.91 bits per heavy atom. The topological polar surface area (TPSA) is 124 Å². The summed E-state index contributed by atoms with van der Waals surface area (Å²) in [6.45, 7) is 2.62. The van der Waals surface area contributed by atoms with Gasteiger partial charge in [-0.2, -0.15) is 5.10 Å². The van der Waals surface area contributed by atoms with Crippen LogP contribution in [-0.4, -0.2) is 51.8 Å². The maximum absolute atomic E-state index is 14.1. The van der Waals surface area contributed by atoms with Gasteiger partial charge in [0.1, 0.15) is 12.2 Å². The molecule has 0 bridgehead atoms. The minimum absolute atomic E-state index is 0.0623. The van der Waals surface area contributed by atoms with Gasteiger partial charge in [0.25, 0.3) is 11.8 Å². The second-order valence-electron chi connectivity index (χ2n) is 14.8. The summed E-state index contributed by atoms with van der Waals surface area (Å²) >= 11 is 0. The number of aromatic nitrogens is 2. The van der Waals surface area contributed by atoms with E-state index in [1.807, 2.05) is 110 Å². The minimum atomic E-state index is -0.433. The highest BCUT2D eigenvalue weighted by molar-refractivity contribution is 5.99. The highest BCUT2D eigenvalue weighted by Crippen LogP contribution is 2.26. The molecule has 2 fully saturated rings. The summed E-state index contributed by atoms with van der Waals surface area (Å²) in [6, 6.07) is 34.8.